The molecular weight excluding hydrogens is 200 g/mol. The van der Waals surface area contributed by atoms with Crippen molar-refractivity contribution >= 4 is 5.69 Å². The molecule has 82 valence electrons. The summed E-state index contributed by atoms with van der Waals surface area (Å²) in [7, 11) is 0. The number of pyridine rings is 1. The Kier molecular flexibility index (Phi) is 3.05. The Balaban J connectivity index is 2.11. The molecule has 3 heteroatoms. The fourth-order valence-electron chi connectivity index (χ4n) is 1.51. The summed E-state index contributed by atoms with van der Waals surface area (Å²) in [5, 5.41) is 0. The minimum absolute atomic E-state index is 0.511. The van der Waals surface area contributed by atoms with E-state index in [9.17, 15) is 0 Å². The van der Waals surface area contributed by atoms with Gasteiger partial charge in [-0.15, -0.1) is 0 Å². The first-order valence-corrected chi connectivity index (χ1v) is 5.14. The Labute approximate surface area is 94.9 Å². The van der Waals surface area contributed by atoms with Crippen LogP contribution < -0.4 is 10.5 Å². The minimum atomic E-state index is 0.511. The zero-order chi connectivity index (χ0) is 11.4. The Morgan fingerprint density at radius 3 is 2.62 bits per heavy atom. The van der Waals surface area contributed by atoms with E-state index in [1.54, 1.807) is 12.4 Å². The molecule has 1 aromatic heterocycles. The largest absolute Gasteiger partial charge is 0.486 e. The van der Waals surface area contributed by atoms with Crippen LogP contribution in [-0.2, 0) is 6.61 Å². The topological polar surface area (TPSA) is 48.1 Å². The van der Waals surface area contributed by atoms with Gasteiger partial charge in [0.05, 0.1) is 5.69 Å². The molecule has 2 aromatic rings. The summed E-state index contributed by atoms with van der Waals surface area (Å²) >= 11 is 0. The number of hydrogen-bond donors (Lipinski definition) is 1. The molecule has 0 amide bonds. The van der Waals surface area contributed by atoms with Gasteiger partial charge in [0.15, 0.2) is 0 Å². The van der Waals surface area contributed by atoms with Gasteiger partial charge in [-0.3, -0.25) is 4.98 Å². The SMILES string of the molecule is Cc1cccc(N)c1OCc1ccncc1. The highest BCUT2D eigenvalue weighted by atomic mass is 16.5. The fourth-order valence-corrected chi connectivity index (χ4v) is 1.51. The van der Waals surface area contributed by atoms with E-state index in [2.05, 4.69) is 4.98 Å². The van der Waals surface area contributed by atoms with Gasteiger partial charge in [0.2, 0.25) is 0 Å². The molecule has 0 aliphatic rings. The van der Waals surface area contributed by atoms with Crippen LogP contribution in [-0.4, -0.2) is 4.98 Å². The molecule has 1 heterocycles. The number of anilines is 1. The number of rotatable bonds is 3. The summed E-state index contributed by atoms with van der Waals surface area (Å²) in [6.45, 7) is 2.50. The molecule has 2 rings (SSSR count). The lowest BCUT2D eigenvalue weighted by Gasteiger charge is -2.11. The number of hydrogen-bond acceptors (Lipinski definition) is 3. The first-order chi connectivity index (χ1) is 7.77. The molecule has 0 aliphatic heterocycles. The van der Waals surface area contributed by atoms with Crippen molar-refractivity contribution < 1.29 is 4.74 Å². The average Bonchev–Trinajstić information content (AvgIpc) is 2.30. The van der Waals surface area contributed by atoms with Crippen LogP contribution in [0.25, 0.3) is 0 Å². The van der Waals surface area contributed by atoms with Crippen LogP contribution >= 0.6 is 0 Å². The van der Waals surface area contributed by atoms with Crippen LogP contribution in [0, 0.1) is 6.92 Å². The number of nitrogen functional groups attached to an aromatic ring is 1. The molecule has 0 aliphatic carbocycles. The molecule has 1 aromatic carbocycles. The van der Waals surface area contributed by atoms with Gasteiger partial charge < -0.3 is 10.5 Å². The molecule has 0 fully saturated rings. The summed E-state index contributed by atoms with van der Waals surface area (Å²) in [6, 6.07) is 9.60. The van der Waals surface area contributed by atoms with E-state index in [4.69, 9.17) is 10.5 Å². The molecule has 0 saturated carbocycles. The zero-order valence-corrected chi connectivity index (χ0v) is 9.18. The molecule has 0 atom stereocenters. The molecular formula is C13H14N2O. The molecule has 0 saturated heterocycles. The van der Waals surface area contributed by atoms with E-state index in [0.717, 1.165) is 16.9 Å². The Morgan fingerprint density at radius 2 is 1.94 bits per heavy atom. The van der Waals surface area contributed by atoms with Crippen LogP contribution in [0.15, 0.2) is 42.7 Å². The molecule has 0 radical (unpaired) electrons. The second-order valence-corrected chi connectivity index (χ2v) is 3.64. The summed E-state index contributed by atoms with van der Waals surface area (Å²) in [4.78, 5) is 3.96. The number of aryl methyl sites for hydroxylation is 1. The highest BCUT2D eigenvalue weighted by Crippen LogP contribution is 2.26. The highest BCUT2D eigenvalue weighted by molar-refractivity contribution is 5.56. The van der Waals surface area contributed by atoms with E-state index in [1.807, 2.05) is 37.3 Å². The van der Waals surface area contributed by atoms with Gasteiger partial charge >= 0.3 is 0 Å². The fraction of sp³-hybridized carbons (Fsp3) is 0.154. The molecule has 0 spiro atoms. The molecule has 0 unspecified atom stereocenters. The van der Waals surface area contributed by atoms with Crippen LogP contribution in [0.1, 0.15) is 11.1 Å². The van der Waals surface area contributed by atoms with Gasteiger partial charge in [0, 0.05) is 12.4 Å². The van der Waals surface area contributed by atoms with Crippen LogP contribution in [0.5, 0.6) is 5.75 Å². The monoisotopic (exact) mass is 214 g/mol. The van der Waals surface area contributed by atoms with E-state index < -0.39 is 0 Å². The third kappa shape index (κ3) is 2.31. The third-order valence-electron chi connectivity index (χ3n) is 2.37. The van der Waals surface area contributed by atoms with Crippen molar-refractivity contribution in [3.05, 3.63) is 53.9 Å². The predicted octanol–water partition coefficient (Wildman–Crippen LogP) is 2.55. The summed E-state index contributed by atoms with van der Waals surface area (Å²) in [5.41, 5.74) is 8.65. The summed E-state index contributed by atoms with van der Waals surface area (Å²) in [5.74, 6) is 0.763. The van der Waals surface area contributed by atoms with Crippen LogP contribution in [0.3, 0.4) is 0 Å². The van der Waals surface area contributed by atoms with Crippen molar-refractivity contribution in [1.29, 1.82) is 0 Å². The molecule has 0 bridgehead atoms. The quantitative estimate of drug-likeness (QED) is 0.799. The van der Waals surface area contributed by atoms with E-state index in [1.165, 1.54) is 0 Å². The highest BCUT2D eigenvalue weighted by Gasteiger charge is 2.03. The maximum atomic E-state index is 5.85. The van der Waals surface area contributed by atoms with Gasteiger partial charge in [-0.1, -0.05) is 12.1 Å². The van der Waals surface area contributed by atoms with E-state index >= 15 is 0 Å². The maximum absolute atomic E-state index is 5.85. The van der Waals surface area contributed by atoms with Gasteiger partial charge in [-0.05, 0) is 36.2 Å². The van der Waals surface area contributed by atoms with E-state index in [0.29, 0.717) is 12.3 Å². The van der Waals surface area contributed by atoms with Crippen molar-refractivity contribution in [2.75, 3.05) is 5.73 Å². The van der Waals surface area contributed by atoms with Crippen molar-refractivity contribution in [2.45, 2.75) is 13.5 Å². The first-order valence-electron chi connectivity index (χ1n) is 5.14. The Hall–Kier alpha value is -2.03. The molecule has 2 N–H and O–H groups in total. The lowest BCUT2D eigenvalue weighted by Crippen LogP contribution is -2.00. The van der Waals surface area contributed by atoms with Crippen LogP contribution in [0.2, 0.25) is 0 Å². The van der Waals surface area contributed by atoms with Gasteiger partial charge in [0.1, 0.15) is 12.4 Å². The lowest BCUT2D eigenvalue weighted by molar-refractivity contribution is 0.306. The Bertz CT molecular complexity index is 448. The number of ether oxygens (including phenoxy) is 1. The smallest absolute Gasteiger partial charge is 0.145 e. The number of nitrogens with two attached hydrogens (primary N) is 1. The second kappa shape index (κ2) is 4.66. The van der Waals surface area contributed by atoms with Crippen molar-refractivity contribution in [3.8, 4) is 5.75 Å². The summed E-state index contributed by atoms with van der Waals surface area (Å²) in [6.07, 6.45) is 3.50. The summed E-state index contributed by atoms with van der Waals surface area (Å²) < 4.78 is 5.70. The maximum Gasteiger partial charge on any atom is 0.145 e. The van der Waals surface area contributed by atoms with Crippen molar-refractivity contribution in [2.24, 2.45) is 0 Å². The number of nitrogens with zero attached hydrogens (tertiary/aromatic N) is 1. The number of aromatic nitrogens is 1. The minimum Gasteiger partial charge on any atom is -0.486 e. The van der Waals surface area contributed by atoms with Crippen molar-refractivity contribution in [3.63, 3.8) is 0 Å². The van der Waals surface area contributed by atoms with E-state index in [-0.39, 0.29) is 0 Å². The standard InChI is InChI=1S/C13H14N2O/c1-10-3-2-4-12(14)13(10)16-9-11-5-7-15-8-6-11/h2-8H,9,14H2,1H3. The zero-order valence-electron chi connectivity index (χ0n) is 9.18. The number of benzene rings is 1. The lowest BCUT2D eigenvalue weighted by atomic mass is 10.2. The predicted molar refractivity (Wildman–Crippen MR) is 64.2 cm³/mol. The Morgan fingerprint density at radius 1 is 1.19 bits per heavy atom. The van der Waals surface area contributed by atoms with Gasteiger partial charge in [-0.2, -0.15) is 0 Å². The van der Waals surface area contributed by atoms with Gasteiger partial charge in [-0.25, -0.2) is 0 Å². The number of para-hydroxylation sites is 1. The van der Waals surface area contributed by atoms with Crippen molar-refractivity contribution in [1.82, 2.24) is 4.98 Å². The molecule has 16 heavy (non-hydrogen) atoms. The molecule has 3 nitrogen and oxygen atoms in total. The average molecular weight is 214 g/mol. The third-order valence-corrected chi connectivity index (χ3v) is 2.37. The van der Waals surface area contributed by atoms with Crippen LogP contribution in [0.4, 0.5) is 5.69 Å². The second-order valence-electron chi connectivity index (χ2n) is 3.64. The van der Waals surface area contributed by atoms with Gasteiger partial charge in [0.25, 0.3) is 0 Å². The normalized spacial score (nSPS) is 10.1. The first kappa shape index (κ1) is 10.5.